The number of halogens is 1. The van der Waals surface area contributed by atoms with Gasteiger partial charge in [-0.2, -0.15) is 9.78 Å². The number of fused-ring (bicyclic) bond motifs is 2. The lowest BCUT2D eigenvalue weighted by molar-refractivity contribution is -0.144. The number of carboxylic acids is 1. The molecule has 0 aliphatic rings. The van der Waals surface area contributed by atoms with E-state index < -0.39 is 12.1 Å². The fraction of sp³-hybridized carbons (Fsp3) is 0.111. The minimum atomic E-state index is -1.10. The fourth-order valence-electron chi connectivity index (χ4n) is 3.74. The maximum absolute atomic E-state index is 13.4. The van der Waals surface area contributed by atoms with Gasteiger partial charge >= 0.3 is 5.97 Å². The maximum Gasteiger partial charge on any atom is 0.344 e. The van der Waals surface area contributed by atoms with Gasteiger partial charge in [0.1, 0.15) is 5.58 Å². The molecule has 0 spiro atoms. The van der Waals surface area contributed by atoms with Gasteiger partial charge in [0.2, 0.25) is 5.82 Å². The number of furan rings is 1. The molecule has 0 saturated heterocycles. The number of carbonyl (C=O) groups is 1. The number of aliphatic carboxylic acids is 1. The molecule has 0 aliphatic carbocycles. The van der Waals surface area contributed by atoms with E-state index in [0.29, 0.717) is 33.6 Å². The first-order valence-corrected chi connectivity index (χ1v) is 12.0. The molecule has 2 heterocycles. The van der Waals surface area contributed by atoms with Crippen LogP contribution in [0.3, 0.4) is 0 Å². The number of benzene rings is 3. The predicted molar refractivity (Wildman–Crippen MR) is 143 cm³/mol. The van der Waals surface area contributed by atoms with Crippen molar-refractivity contribution in [2.45, 2.75) is 13.0 Å². The molecule has 1 atom stereocenters. The molecule has 2 aromatic heterocycles. The van der Waals surface area contributed by atoms with Crippen LogP contribution in [0, 0.1) is 0 Å². The molecule has 5 rings (SSSR count). The van der Waals surface area contributed by atoms with Crippen molar-refractivity contribution < 1.29 is 23.8 Å². The molecule has 0 saturated carbocycles. The average Bonchev–Trinajstić information content (AvgIpc) is 3.31. The second-order valence-corrected chi connectivity index (χ2v) is 9.03. The Bertz CT molecular complexity index is 1740. The summed E-state index contributed by atoms with van der Waals surface area (Å²) < 4.78 is 18.9. The zero-order chi connectivity index (χ0) is 26.1. The number of methoxy groups -OCH3 is 1. The van der Waals surface area contributed by atoms with Gasteiger partial charge in [0.15, 0.2) is 23.4 Å². The van der Waals surface area contributed by atoms with Crippen molar-refractivity contribution in [2.75, 3.05) is 7.11 Å². The van der Waals surface area contributed by atoms with Crippen LogP contribution in [0.1, 0.15) is 12.5 Å². The lowest BCUT2D eigenvalue weighted by Crippen LogP contribution is -2.23. The highest BCUT2D eigenvalue weighted by Gasteiger charge is 2.18. The number of para-hydroxylation sites is 1. The van der Waals surface area contributed by atoms with E-state index in [9.17, 15) is 9.59 Å². The van der Waals surface area contributed by atoms with E-state index in [1.807, 2.05) is 24.3 Å². The summed E-state index contributed by atoms with van der Waals surface area (Å²) in [4.78, 5) is 29.3. The van der Waals surface area contributed by atoms with Gasteiger partial charge < -0.3 is 19.0 Å². The molecule has 3 aromatic carbocycles. The van der Waals surface area contributed by atoms with E-state index in [4.69, 9.17) is 19.0 Å². The SMILES string of the molecule is COc1cc(C=Nn2c(-c3cc4cc(Br)ccc4o3)nc3ccccc3c2=O)ccc1O[C@H](C)C(=O)O. The van der Waals surface area contributed by atoms with Crippen molar-refractivity contribution in [3.05, 3.63) is 87.1 Å². The smallest absolute Gasteiger partial charge is 0.344 e. The molecular weight excluding hydrogens is 542 g/mol. The molecule has 5 aromatic rings. The highest BCUT2D eigenvalue weighted by Crippen LogP contribution is 2.30. The summed E-state index contributed by atoms with van der Waals surface area (Å²) in [6, 6.07) is 19.3. The Hall–Kier alpha value is -4.44. The van der Waals surface area contributed by atoms with Gasteiger partial charge in [0.05, 0.1) is 24.2 Å². The number of aromatic nitrogens is 2. The average molecular weight is 562 g/mol. The summed E-state index contributed by atoms with van der Waals surface area (Å²) in [5.41, 5.74) is 1.39. The quantitative estimate of drug-likeness (QED) is 0.267. The molecule has 0 bridgehead atoms. The third-order valence-electron chi connectivity index (χ3n) is 5.61. The van der Waals surface area contributed by atoms with Gasteiger partial charge in [-0.15, -0.1) is 0 Å². The Morgan fingerprint density at radius 3 is 2.73 bits per heavy atom. The van der Waals surface area contributed by atoms with Crippen molar-refractivity contribution >= 4 is 50.0 Å². The minimum absolute atomic E-state index is 0.245. The second kappa shape index (κ2) is 9.90. The third-order valence-corrected chi connectivity index (χ3v) is 6.11. The predicted octanol–water partition coefficient (Wildman–Crippen LogP) is 5.31. The van der Waals surface area contributed by atoms with Crippen molar-refractivity contribution in [3.63, 3.8) is 0 Å². The normalized spacial score (nSPS) is 12.3. The number of rotatable bonds is 7. The molecule has 0 radical (unpaired) electrons. The Morgan fingerprint density at radius 1 is 1.14 bits per heavy atom. The van der Waals surface area contributed by atoms with Crippen LogP contribution in [0.15, 0.2) is 85.5 Å². The van der Waals surface area contributed by atoms with E-state index in [-0.39, 0.29) is 17.1 Å². The van der Waals surface area contributed by atoms with Gasteiger partial charge in [-0.3, -0.25) is 4.79 Å². The Morgan fingerprint density at radius 2 is 1.95 bits per heavy atom. The molecule has 0 aliphatic heterocycles. The largest absolute Gasteiger partial charge is 0.493 e. The lowest BCUT2D eigenvalue weighted by Gasteiger charge is -2.14. The van der Waals surface area contributed by atoms with Crippen molar-refractivity contribution in [1.82, 2.24) is 9.66 Å². The van der Waals surface area contributed by atoms with Crippen molar-refractivity contribution in [1.29, 1.82) is 0 Å². The molecular formula is C27H20BrN3O6. The van der Waals surface area contributed by atoms with Crippen LogP contribution in [0.25, 0.3) is 33.5 Å². The third kappa shape index (κ3) is 4.83. The molecule has 0 unspecified atom stereocenters. The monoisotopic (exact) mass is 561 g/mol. The Labute approximate surface area is 218 Å². The fourth-order valence-corrected chi connectivity index (χ4v) is 4.12. The van der Waals surface area contributed by atoms with E-state index in [2.05, 4.69) is 26.0 Å². The molecule has 37 heavy (non-hydrogen) atoms. The van der Waals surface area contributed by atoms with Crippen LogP contribution in [-0.2, 0) is 4.79 Å². The van der Waals surface area contributed by atoms with Gasteiger partial charge in [-0.05, 0) is 67.1 Å². The van der Waals surface area contributed by atoms with Crippen molar-refractivity contribution in [3.8, 4) is 23.1 Å². The standard InChI is InChI=1S/C27H20BrN3O6/c1-15(27(33)34)36-22-9-7-16(11-23(22)35-2)14-29-31-25(30-20-6-4-3-5-19(20)26(31)32)24-13-17-12-18(28)8-10-21(17)37-24/h3-15H,1-2H3,(H,33,34)/t15-/m1/s1. The van der Waals surface area contributed by atoms with Crippen LogP contribution in [0.5, 0.6) is 11.5 Å². The second-order valence-electron chi connectivity index (χ2n) is 8.12. The van der Waals surface area contributed by atoms with E-state index in [1.165, 1.54) is 24.9 Å². The van der Waals surface area contributed by atoms with Crippen LogP contribution >= 0.6 is 15.9 Å². The molecule has 0 fully saturated rings. The summed E-state index contributed by atoms with van der Waals surface area (Å²) in [6.45, 7) is 1.43. The molecule has 10 heteroatoms. The summed E-state index contributed by atoms with van der Waals surface area (Å²) in [6.07, 6.45) is 0.427. The summed E-state index contributed by atoms with van der Waals surface area (Å²) in [7, 11) is 1.45. The van der Waals surface area contributed by atoms with Crippen LogP contribution in [-0.4, -0.2) is 40.2 Å². The van der Waals surface area contributed by atoms with E-state index >= 15 is 0 Å². The molecule has 9 nitrogen and oxygen atoms in total. The van der Waals surface area contributed by atoms with Crippen molar-refractivity contribution in [2.24, 2.45) is 5.10 Å². The van der Waals surface area contributed by atoms with E-state index in [1.54, 1.807) is 42.5 Å². The van der Waals surface area contributed by atoms with Crippen LogP contribution < -0.4 is 15.0 Å². The van der Waals surface area contributed by atoms with Crippen LogP contribution in [0.2, 0.25) is 0 Å². The minimum Gasteiger partial charge on any atom is -0.493 e. The molecule has 0 amide bonds. The Kier molecular flexibility index (Phi) is 6.49. The van der Waals surface area contributed by atoms with Crippen LogP contribution in [0.4, 0.5) is 0 Å². The lowest BCUT2D eigenvalue weighted by atomic mass is 10.2. The summed E-state index contributed by atoms with van der Waals surface area (Å²) >= 11 is 3.46. The summed E-state index contributed by atoms with van der Waals surface area (Å²) in [5, 5.41) is 14.8. The number of ether oxygens (including phenoxy) is 2. The Balaban J connectivity index is 1.60. The van der Waals surface area contributed by atoms with Gasteiger partial charge in [0, 0.05) is 9.86 Å². The zero-order valence-electron chi connectivity index (χ0n) is 19.7. The number of carboxylic acid groups (broad SMARTS) is 1. The maximum atomic E-state index is 13.4. The van der Waals surface area contributed by atoms with E-state index in [0.717, 1.165) is 9.86 Å². The molecule has 186 valence electrons. The number of hydrogen-bond acceptors (Lipinski definition) is 7. The zero-order valence-corrected chi connectivity index (χ0v) is 21.3. The first kappa shape index (κ1) is 24.3. The first-order chi connectivity index (χ1) is 17.8. The van der Waals surface area contributed by atoms with Gasteiger partial charge in [-0.1, -0.05) is 28.1 Å². The topological polar surface area (TPSA) is 116 Å². The summed E-state index contributed by atoms with van der Waals surface area (Å²) in [5.74, 6) is 0.130. The first-order valence-electron chi connectivity index (χ1n) is 11.2. The van der Waals surface area contributed by atoms with Gasteiger partial charge in [0.25, 0.3) is 5.56 Å². The number of nitrogens with zero attached hydrogens (tertiary/aromatic N) is 3. The van der Waals surface area contributed by atoms with Gasteiger partial charge in [-0.25, -0.2) is 9.78 Å². The number of hydrogen-bond donors (Lipinski definition) is 1. The highest BCUT2D eigenvalue weighted by atomic mass is 79.9. The highest BCUT2D eigenvalue weighted by molar-refractivity contribution is 9.10. The molecule has 1 N–H and O–H groups in total.